The summed E-state index contributed by atoms with van der Waals surface area (Å²) in [6.45, 7) is 5.96. The van der Waals surface area contributed by atoms with Crippen LogP contribution in [0.4, 0.5) is 18.9 Å². The van der Waals surface area contributed by atoms with Crippen LogP contribution in [0.2, 0.25) is 0 Å². The van der Waals surface area contributed by atoms with Gasteiger partial charge in [-0.05, 0) is 29.3 Å². The molecule has 2 heterocycles. The van der Waals surface area contributed by atoms with Gasteiger partial charge in [-0.15, -0.1) is 24.8 Å². The summed E-state index contributed by atoms with van der Waals surface area (Å²) in [5, 5.41) is 0. The molecule has 2 aliphatic rings. The molecule has 0 saturated carbocycles. The van der Waals surface area contributed by atoms with Gasteiger partial charge in [-0.1, -0.05) is 30.3 Å². The molecular formula is C22H26Cl2F3N3O. The Morgan fingerprint density at radius 3 is 2.13 bits per heavy atom. The highest BCUT2D eigenvalue weighted by atomic mass is 35.5. The number of benzene rings is 2. The molecule has 0 N–H and O–H groups in total. The van der Waals surface area contributed by atoms with Crippen LogP contribution in [0.3, 0.4) is 0 Å². The van der Waals surface area contributed by atoms with Gasteiger partial charge in [0, 0.05) is 51.5 Å². The summed E-state index contributed by atoms with van der Waals surface area (Å²) in [7, 11) is 0. The zero-order valence-electron chi connectivity index (χ0n) is 17.0. The van der Waals surface area contributed by atoms with E-state index in [4.69, 9.17) is 0 Å². The zero-order valence-corrected chi connectivity index (χ0v) is 18.6. The molecule has 31 heavy (non-hydrogen) atoms. The second-order valence-electron chi connectivity index (χ2n) is 7.67. The number of nitrogens with zero attached hydrogens (tertiary/aromatic N) is 3. The number of hydrogen-bond acceptors (Lipinski definition) is 3. The number of alkyl halides is 3. The van der Waals surface area contributed by atoms with E-state index in [0.717, 1.165) is 51.4 Å². The van der Waals surface area contributed by atoms with Crippen LogP contribution in [0, 0.1) is 0 Å². The van der Waals surface area contributed by atoms with E-state index in [1.54, 1.807) is 4.90 Å². The lowest BCUT2D eigenvalue weighted by Gasteiger charge is -2.35. The van der Waals surface area contributed by atoms with Crippen LogP contribution in [0.15, 0.2) is 48.5 Å². The zero-order chi connectivity index (χ0) is 20.4. The number of anilines is 1. The monoisotopic (exact) mass is 475 g/mol. The summed E-state index contributed by atoms with van der Waals surface area (Å²) in [6, 6.07) is 14.0. The fraction of sp³-hybridized carbons (Fsp3) is 0.409. The number of amides is 1. The van der Waals surface area contributed by atoms with E-state index in [0.29, 0.717) is 17.8 Å². The van der Waals surface area contributed by atoms with Gasteiger partial charge >= 0.3 is 6.18 Å². The van der Waals surface area contributed by atoms with Crippen molar-refractivity contribution in [1.29, 1.82) is 0 Å². The molecule has 0 aromatic heterocycles. The highest BCUT2D eigenvalue weighted by molar-refractivity contribution is 6.01. The lowest BCUT2D eigenvalue weighted by atomic mass is 10.1. The van der Waals surface area contributed by atoms with E-state index >= 15 is 0 Å². The van der Waals surface area contributed by atoms with Crippen molar-refractivity contribution in [3.05, 3.63) is 65.2 Å². The third-order valence-electron chi connectivity index (χ3n) is 5.69. The summed E-state index contributed by atoms with van der Waals surface area (Å²) in [4.78, 5) is 18.7. The highest BCUT2D eigenvalue weighted by Gasteiger charge is 2.34. The minimum absolute atomic E-state index is 0. The summed E-state index contributed by atoms with van der Waals surface area (Å²) in [5.41, 5.74) is 1.70. The molecule has 9 heteroatoms. The molecule has 0 atom stereocenters. The molecule has 0 radical (unpaired) electrons. The minimum Gasteiger partial charge on any atom is -0.311 e. The van der Waals surface area contributed by atoms with Crippen molar-refractivity contribution in [2.75, 3.05) is 44.2 Å². The topological polar surface area (TPSA) is 26.8 Å². The maximum atomic E-state index is 12.9. The number of halogens is 5. The Hall–Kier alpha value is -1.80. The average Bonchev–Trinajstić information content (AvgIpc) is 3.02. The Kier molecular flexibility index (Phi) is 8.77. The fourth-order valence-corrected chi connectivity index (χ4v) is 4.06. The Bertz CT molecular complexity index is 872. The second kappa shape index (κ2) is 10.7. The number of piperazine rings is 1. The van der Waals surface area contributed by atoms with Gasteiger partial charge in [0.2, 0.25) is 5.91 Å². The minimum atomic E-state index is -4.38. The van der Waals surface area contributed by atoms with E-state index in [9.17, 15) is 18.0 Å². The third-order valence-corrected chi connectivity index (χ3v) is 5.69. The number of rotatable bonds is 5. The molecule has 2 aliphatic heterocycles. The first-order valence-electron chi connectivity index (χ1n) is 9.89. The van der Waals surface area contributed by atoms with Gasteiger partial charge in [-0.3, -0.25) is 14.6 Å². The average molecular weight is 476 g/mol. The van der Waals surface area contributed by atoms with Crippen molar-refractivity contribution in [1.82, 2.24) is 9.80 Å². The van der Waals surface area contributed by atoms with E-state index in [-0.39, 0.29) is 37.1 Å². The predicted octanol–water partition coefficient (Wildman–Crippen LogP) is 4.26. The van der Waals surface area contributed by atoms with Gasteiger partial charge in [-0.2, -0.15) is 13.2 Å². The van der Waals surface area contributed by atoms with Crippen molar-refractivity contribution in [3.8, 4) is 0 Å². The first kappa shape index (κ1) is 25.5. The maximum Gasteiger partial charge on any atom is 0.416 e. The van der Waals surface area contributed by atoms with Crippen LogP contribution >= 0.6 is 24.8 Å². The van der Waals surface area contributed by atoms with Gasteiger partial charge in [0.05, 0.1) is 12.0 Å². The van der Waals surface area contributed by atoms with Gasteiger partial charge in [0.25, 0.3) is 0 Å². The quantitative estimate of drug-likeness (QED) is 0.646. The van der Waals surface area contributed by atoms with Crippen LogP contribution in [0.5, 0.6) is 0 Å². The summed E-state index contributed by atoms with van der Waals surface area (Å²) in [6.07, 6.45) is -4.34. The van der Waals surface area contributed by atoms with E-state index in [1.165, 1.54) is 11.6 Å². The SMILES string of the molecule is Cl.Cl.O=C1Cc2cc(C(F)(F)F)ccc2N1CCN1CCN(Cc2ccccc2)CC1. The summed E-state index contributed by atoms with van der Waals surface area (Å²) >= 11 is 0. The lowest BCUT2D eigenvalue weighted by molar-refractivity contribution is -0.137. The van der Waals surface area contributed by atoms with Gasteiger partial charge in [0.15, 0.2) is 0 Å². The molecule has 0 spiro atoms. The first-order valence-corrected chi connectivity index (χ1v) is 9.89. The third kappa shape index (κ3) is 6.13. The highest BCUT2D eigenvalue weighted by Crippen LogP contribution is 2.35. The van der Waals surface area contributed by atoms with E-state index in [1.807, 2.05) is 18.2 Å². The largest absolute Gasteiger partial charge is 0.416 e. The molecule has 2 aromatic rings. The molecule has 170 valence electrons. The molecule has 4 rings (SSSR count). The lowest BCUT2D eigenvalue weighted by Crippen LogP contribution is -2.48. The van der Waals surface area contributed by atoms with E-state index < -0.39 is 11.7 Å². The fourth-order valence-electron chi connectivity index (χ4n) is 4.06. The Balaban J connectivity index is 0.00000171. The molecule has 0 aliphatic carbocycles. The van der Waals surface area contributed by atoms with Gasteiger partial charge in [0.1, 0.15) is 0 Å². The smallest absolute Gasteiger partial charge is 0.311 e. The molecule has 0 unspecified atom stereocenters. The number of fused-ring (bicyclic) bond motifs is 1. The molecule has 2 aromatic carbocycles. The van der Waals surface area contributed by atoms with E-state index in [2.05, 4.69) is 21.9 Å². The van der Waals surface area contributed by atoms with Crippen molar-refractivity contribution in [2.24, 2.45) is 0 Å². The Labute approximate surface area is 192 Å². The maximum absolute atomic E-state index is 12.9. The Morgan fingerprint density at radius 1 is 0.839 bits per heavy atom. The number of hydrogen-bond donors (Lipinski definition) is 0. The molecular weight excluding hydrogens is 450 g/mol. The molecule has 1 fully saturated rings. The number of carbonyl (C=O) groups excluding carboxylic acids is 1. The predicted molar refractivity (Wildman–Crippen MR) is 120 cm³/mol. The van der Waals surface area contributed by atoms with Crippen molar-refractivity contribution >= 4 is 36.4 Å². The summed E-state index contributed by atoms with van der Waals surface area (Å²) in [5.74, 6) is -0.123. The normalized spacial score (nSPS) is 17.1. The Morgan fingerprint density at radius 2 is 1.48 bits per heavy atom. The van der Waals surface area contributed by atoms with Crippen molar-refractivity contribution in [2.45, 2.75) is 19.1 Å². The van der Waals surface area contributed by atoms with Crippen LogP contribution in [-0.2, 0) is 23.9 Å². The standard InChI is InChI=1S/C22H24F3N3O.2ClH/c23-22(24,25)19-6-7-20-18(14-19)15-21(29)28(20)13-12-26-8-10-27(11-9-26)16-17-4-2-1-3-5-17;;/h1-7,14H,8-13,15-16H2;2*1H. The first-order chi connectivity index (χ1) is 13.9. The van der Waals surface area contributed by atoms with Crippen LogP contribution < -0.4 is 4.90 Å². The van der Waals surface area contributed by atoms with Crippen LogP contribution in [0.25, 0.3) is 0 Å². The summed E-state index contributed by atoms with van der Waals surface area (Å²) < 4.78 is 38.7. The molecule has 0 bridgehead atoms. The van der Waals surface area contributed by atoms with Crippen LogP contribution in [-0.4, -0.2) is 55.0 Å². The molecule has 1 saturated heterocycles. The molecule has 4 nitrogen and oxygen atoms in total. The second-order valence-corrected chi connectivity index (χ2v) is 7.67. The van der Waals surface area contributed by atoms with Gasteiger partial charge < -0.3 is 4.90 Å². The van der Waals surface area contributed by atoms with Crippen LogP contribution in [0.1, 0.15) is 16.7 Å². The van der Waals surface area contributed by atoms with Crippen molar-refractivity contribution < 1.29 is 18.0 Å². The van der Waals surface area contributed by atoms with Gasteiger partial charge in [-0.25, -0.2) is 0 Å². The number of carbonyl (C=O) groups is 1. The van der Waals surface area contributed by atoms with Crippen molar-refractivity contribution in [3.63, 3.8) is 0 Å². The molecule has 1 amide bonds.